The van der Waals surface area contributed by atoms with Crippen molar-refractivity contribution in [2.75, 3.05) is 22.5 Å². The maximum atomic E-state index is 12.9. The lowest BCUT2D eigenvalue weighted by molar-refractivity contribution is -0.137. The lowest BCUT2D eigenvalue weighted by Gasteiger charge is -2.31. The van der Waals surface area contributed by atoms with Gasteiger partial charge in [-0.3, -0.25) is 5.32 Å². The molecule has 0 saturated heterocycles. The minimum atomic E-state index is -4.37. The summed E-state index contributed by atoms with van der Waals surface area (Å²) in [6.07, 6.45) is -4.96. The van der Waals surface area contributed by atoms with E-state index in [-0.39, 0.29) is 11.4 Å². The predicted molar refractivity (Wildman–Crippen MR) is 88.7 cm³/mol. The van der Waals surface area contributed by atoms with E-state index in [4.69, 9.17) is 10.8 Å². The fourth-order valence-corrected chi connectivity index (χ4v) is 2.93. The highest BCUT2D eigenvalue weighted by molar-refractivity contribution is 5.88. The minimum absolute atomic E-state index is 0.259. The van der Waals surface area contributed by atoms with Gasteiger partial charge in [0.15, 0.2) is 0 Å². The molecule has 2 aromatic carbocycles. The van der Waals surface area contributed by atoms with Crippen LogP contribution in [0.5, 0.6) is 0 Å². The van der Waals surface area contributed by atoms with E-state index in [2.05, 4.69) is 5.32 Å². The fraction of sp³-hybridized carbons (Fsp3) is 0.235. The lowest BCUT2D eigenvalue weighted by Crippen LogP contribution is -2.30. The van der Waals surface area contributed by atoms with Gasteiger partial charge in [0.05, 0.1) is 16.9 Å². The third-order valence-corrected chi connectivity index (χ3v) is 4.19. The number of benzene rings is 2. The van der Waals surface area contributed by atoms with Crippen LogP contribution in [0.4, 0.5) is 35.0 Å². The van der Waals surface area contributed by atoms with Crippen LogP contribution in [0.15, 0.2) is 36.4 Å². The van der Waals surface area contributed by atoms with Crippen molar-refractivity contribution >= 4 is 23.2 Å². The number of nitrogens with two attached hydrogens (primary N) is 1. The zero-order valence-electron chi connectivity index (χ0n) is 13.1. The molecule has 1 aliphatic heterocycles. The number of nitrogen functional groups attached to an aromatic ring is 1. The van der Waals surface area contributed by atoms with Crippen molar-refractivity contribution in [1.29, 1.82) is 0 Å². The highest BCUT2D eigenvalue weighted by Crippen LogP contribution is 2.34. The molecule has 25 heavy (non-hydrogen) atoms. The number of hydrogen-bond donors (Lipinski definition) is 3. The van der Waals surface area contributed by atoms with Gasteiger partial charge in [0.2, 0.25) is 0 Å². The van der Waals surface area contributed by atoms with Crippen molar-refractivity contribution < 1.29 is 23.1 Å². The molecule has 0 unspecified atom stereocenters. The second kappa shape index (κ2) is 6.19. The van der Waals surface area contributed by atoms with Crippen molar-refractivity contribution in [3.63, 3.8) is 0 Å². The molecule has 1 heterocycles. The van der Waals surface area contributed by atoms with Gasteiger partial charge in [-0.1, -0.05) is 6.07 Å². The molecule has 8 heteroatoms. The van der Waals surface area contributed by atoms with Gasteiger partial charge in [0, 0.05) is 18.8 Å². The predicted octanol–water partition coefficient (Wildman–Crippen LogP) is 3.94. The van der Waals surface area contributed by atoms with E-state index in [1.54, 1.807) is 18.2 Å². The summed E-state index contributed by atoms with van der Waals surface area (Å²) in [6, 6.07) is 8.68. The van der Waals surface area contributed by atoms with E-state index < -0.39 is 17.8 Å². The molecular formula is C17H16F3N3O2. The number of halogens is 3. The Morgan fingerprint density at radius 1 is 1.16 bits per heavy atom. The van der Waals surface area contributed by atoms with Crippen molar-refractivity contribution in [3.8, 4) is 0 Å². The van der Waals surface area contributed by atoms with Crippen LogP contribution in [0.1, 0.15) is 16.7 Å². The molecule has 1 aliphatic rings. The fourth-order valence-electron chi connectivity index (χ4n) is 2.93. The second-order valence-electron chi connectivity index (χ2n) is 5.85. The van der Waals surface area contributed by atoms with Crippen LogP contribution in [-0.2, 0) is 19.1 Å². The first-order chi connectivity index (χ1) is 11.7. The molecule has 5 nitrogen and oxygen atoms in total. The van der Waals surface area contributed by atoms with Gasteiger partial charge in [-0.05, 0) is 47.9 Å². The molecule has 0 aromatic heterocycles. The molecule has 0 spiro atoms. The largest absolute Gasteiger partial charge is 0.465 e. The Labute approximate surface area is 141 Å². The SMILES string of the molecule is Nc1cc(N2CCc3ccc(C(F)(F)F)cc3C2)ccc1NC(=O)O. The van der Waals surface area contributed by atoms with Gasteiger partial charge in [-0.15, -0.1) is 0 Å². The number of nitrogens with zero attached hydrogens (tertiary/aromatic N) is 1. The average Bonchev–Trinajstić information content (AvgIpc) is 2.54. The summed E-state index contributed by atoms with van der Waals surface area (Å²) in [5.74, 6) is 0. The van der Waals surface area contributed by atoms with Crippen LogP contribution < -0.4 is 16.0 Å². The van der Waals surface area contributed by atoms with Crippen LogP contribution in [-0.4, -0.2) is 17.7 Å². The maximum absolute atomic E-state index is 12.9. The minimum Gasteiger partial charge on any atom is -0.465 e. The van der Waals surface area contributed by atoms with E-state index in [1.807, 2.05) is 4.90 Å². The van der Waals surface area contributed by atoms with Gasteiger partial charge >= 0.3 is 12.3 Å². The van der Waals surface area contributed by atoms with Gasteiger partial charge in [-0.25, -0.2) is 4.79 Å². The molecule has 4 N–H and O–H groups in total. The summed E-state index contributed by atoms with van der Waals surface area (Å²) in [4.78, 5) is 12.6. The third kappa shape index (κ3) is 3.62. The average molecular weight is 351 g/mol. The first kappa shape index (κ1) is 16.9. The number of amides is 1. The summed E-state index contributed by atoms with van der Waals surface area (Å²) >= 11 is 0. The highest BCUT2D eigenvalue weighted by Gasteiger charge is 2.31. The molecule has 0 aliphatic carbocycles. The Morgan fingerprint density at radius 3 is 2.56 bits per heavy atom. The van der Waals surface area contributed by atoms with Crippen molar-refractivity contribution in [3.05, 3.63) is 53.1 Å². The zero-order chi connectivity index (χ0) is 18.2. The van der Waals surface area contributed by atoms with Crippen LogP contribution in [0.3, 0.4) is 0 Å². The molecule has 2 aromatic rings. The number of fused-ring (bicyclic) bond motifs is 1. The molecule has 0 atom stereocenters. The second-order valence-corrected chi connectivity index (χ2v) is 5.85. The van der Waals surface area contributed by atoms with E-state index in [1.165, 1.54) is 12.1 Å². The van der Waals surface area contributed by atoms with Crippen molar-refractivity contribution in [2.24, 2.45) is 0 Å². The Morgan fingerprint density at radius 2 is 1.92 bits per heavy atom. The Kier molecular flexibility index (Phi) is 4.20. The van der Waals surface area contributed by atoms with Gasteiger partial charge in [-0.2, -0.15) is 13.2 Å². The van der Waals surface area contributed by atoms with E-state index in [0.717, 1.165) is 17.3 Å². The summed E-state index contributed by atoms with van der Waals surface area (Å²) in [7, 11) is 0. The van der Waals surface area contributed by atoms with E-state index in [0.29, 0.717) is 25.1 Å². The Bertz CT molecular complexity index is 821. The maximum Gasteiger partial charge on any atom is 0.416 e. The number of carboxylic acid groups (broad SMARTS) is 1. The van der Waals surface area contributed by atoms with Gasteiger partial charge < -0.3 is 15.7 Å². The number of anilines is 3. The van der Waals surface area contributed by atoms with Gasteiger partial charge in [0.25, 0.3) is 0 Å². The third-order valence-electron chi connectivity index (χ3n) is 4.19. The normalized spacial score (nSPS) is 14.1. The van der Waals surface area contributed by atoms with E-state index in [9.17, 15) is 18.0 Å². The first-order valence-electron chi connectivity index (χ1n) is 7.57. The number of hydrogen-bond acceptors (Lipinski definition) is 3. The van der Waals surface area contributed by atoms with Crippen LogP contribution in [0, 0.1) is 0 Å². The van der Waals surface area contributed by atoms with E-state index >= 15 is 0 Å². The Hall–Kier alpha value is -2.90. The smallest absolute Gasteiger partial charge is 0.416 e. The van der Waals surface area contributed by atoms with Crippen molar-refractivity contribution in [2.45, 2.75) is 19.1 Å². The topological polar surface area (TPSA) is 78.6 Å². The van der Waals surface area contributed by atoms with Crippen LogP contribution in [0.25, 0.3) is 0 Å². The summed E-state index contributed by atoms with van der Waals surface area (Å²) in [5, 5.41) is 10.9. The van der Waals surface area contributed by atoms with Gasteiger partial charge in [0.1, 0.15) is 0 Å². The first-order valence-corrected chi connectivity index (χ1v) is 7.57. The summed E-state index contributed by atoms with van der Waals surface area (Å²) < 4.78 is 38.7. The molecule has 3 rings (SSSR count). The number of nitrogens with one attached hydrogen (secondary N) is 1. The zero-order valence-corrected chi connectivity index (χ0v) is 13.1. The lowest BCUT2D eigenvalue weighted by atomic mass is 9.96. The summed E-state index contributed by atoms with van der Waals surface area (Å²) in [6.45, 7) is 0.980. The van der Waals surface area contributed by atoms with Crippen LogP contribution >= 0.6 is 0 Å². The number of alkyl halides is 3. The molecule has 0 radical (unpaired) electrons. The Balaban J connectivity index is 1.85. The molecule has 0 saturated carbocycles. The number of carbonyl (C=O) groups is 1. The van der Waals surface area contributed by atoms with Crippen LogP contribution in [0.2, 0.25) is 0 Å². The number of rotatable bonds is 2. The quantitative estimate of drug-likeness (QED) is 0.716. The molecule has 132 valence electrons. The molecule has 1 amide bonds. The standard InChI is InChI=1S/C17H16F3N3O2/c18-17(19,20)12-2-1-10-5-6-23(9-11(10)7-12)13-3-4-15(14(21)8-13)22-16(24)25/h1-4,7-8,22H,5-6,9,21H2,(H,24,25). The molecular weight excluding hydrogens is 335 g/mol. The molecule has 0 fully saturated rings. The monoisotopic (exact) mass is 351 g/mol. The molecule has 0 bridgehead atoms. The van der Waals surface area contributed by atoms with Crippen molar-refractivity contribution in [1.82, 2.24) is 0 Å². The summed E-state index contributed by atoms with van der Waals surface area (Å²) in [5.41, 5.74) is 7.99. The highest BCUT2D eigenvalue weighted by atomic mass is 19.4.